The topological polar surface area (TPSA) is 69.7 Å². The van der Waals surface area contributed by atoms with Crippen LogP contribution in [-0.2, 0) is 16.1 Å². The molecule has 1 aromatic carbocycles. The second-order valence-corrected chi connectivity index (χ2v) is 7.37. The van der Waals surface area contributed by atoms with Crippen molar-refractivity contribution < 1.29 is 14.4 Å². The molecule has 6 nitrogen and oxygen atoms in total. The Bertz CT molecular complexity index is 737. The average Bonchev–Trinajstić information content (AvgIpc) is 2.93. The Labute approximate surface area is 147 Å². The highest BCUT2D eigenvalue weighted by molar-refractivity contribution is 6.06. The number of piperidine rings is 2. The van der Waals surface area contributed by atoms with Crippen molar-refractivity contribution in [1.82, 2.24) is 10.2 Å². The third-order valence-corrected chi connectivity index (χ3v) is 5.68. The van der Waals surface area contributed by atoms with Crippen molar-refractivity contribution in [2.75, 3.05) is 18.0 Å². The molecule has 4 rings (SSSR count). The minimum absolute atomic E-state index is 0.100. The summed E-state index contributed by atoms with van der Waals surface area (Å²) in [6, 6.07) is 5.31. The summed E-state index contributed by atoms with van der Waals surface area (Å²) in [5, 5.41) is 2.35. The SMILES string of the molecule is CC1CCN(c2cccc3c2CN(C2CCC(=O)NC2=O)C3=O)CC1. The first kappa shape index (κ1) is 16.1. The van der Waals surface area contributed by atoms with Crippen LogP contribution in [0.5, 0.6) is 0 Å². The van der Waals surface area contributed by atoms with Gasteiger partial charge in [-0.15, -0.1) is 0 Å². The van der Waals surface area contributed by atoms with Gasteiger partial charge >= 0.3 is 0 Å². The smallest absolute Gasteiger partial charge is 0.255 e. The molecule has 3 amide bonds. The first-order valence-electron chi connectivity index (χ1n) is 9.06. The fourth-order valence-electron chi connectivity index (χ4n) is 4.12. The van der Waals surface area contributed by atoms with Gasteiger partial charge in [-0.05, 0) is 37.3 Å². The van der Waals surface area contributed by atoms with Crippen molar-refractivity contribution in [2.24, 2.45) is 5.92 Å². The molecule has 132 valence electrons. The van der Waals surface area contributed by atoms with Crippen molar-refractivity contribution in [3.63, 3.8) is 0 Å². The first-order valence-corrected chi connectivity index (χ1v) is 9.06. The van der Waals surface area contributed by atoms with Crippen LogP contribution in [0.4, 0.5) is 5.69 Å². The number of rotatable bonds is 2. The zero-order valence-electron chi connectivity index (χ0n) is 14.5. The predicted molar refractivity (Wildman–Crippen MR) is 93.1 cm³/mol. The van der Waals surface area contributed by atoms with E-state index in [1.165, 1.54) is 0 Å². The molecule has 3 aliphatic heterocycles. The summed E-state index contributed by atoms with van der Waals surface area (Å²) in [5.74, 6) is 0.0330. The Balaban J connectivity index is 1.60. The van der Waals surface area contributed by atoms with Crippen LogP contribution in [0, 0.1) is 5.92 Å². The number of anilines is 1. The van der Waals surface area contributed by atoms with Gasteiger partial charge in [0, 0.05) is 42.9 Å². The lowest BCUT2D eigenvalue weighted by Crippen LogP contribution is -2.52. The van der Waals surface area contributed by atoms with E-state index >= 15 is 0 Å². The summed E-state index contributed by atoms with van der Waals surface area (Å²) in [6.45, 7) is 4.73. The van der Waals surface area contributed by atoms with Crippen LogP contribution in [0.1, 0.15) is 48.5 Å². The molecule has 1 unspecified atom stereocenters. The first-order chi connectivity index (χ1) is 12.0. The lowest BCUT2D eigenvalue weighted by atomic mass is 9.97. The molecule has 0 radical (unpaired) electrons. The molecule has 0 spiro atoms. The highest BCUT2D eigenvalue weighted by Gasteiger charge is 2.40. The van der Waals surface area contributed by atoms with E-state index in [9.17, 15) is 14.4 Å². The number of fused-ring (bicyclic) bond motifs is 1. The second-order valence-electron chi connectivity index (χ2n) is 7.37. The van der Waals surface area contributed by atoms with Gasteiger partial charge in [-0.25, -0.2) is 0 Å². The van der Waals surface area contributed by atoms with E-state index in [0.717, 1.165) is 43.1 Å². The monoisotopic (exact) mass is 341 g/mol. The summed E-state index contributed by atoms with van der Waals surface area (Å²) in [4.78, 5) is 40.4. The van der Waals surface area contributed by atoms with E-state index < -0.39 is 6.04 Å². The van der Waals surface area contributed by atoms with Crippen molar-refractivity contribution in [3.05, 3.63) is 29.3 Å². The van der Waals surface area contributed by atoms with Crippen molar-refractivity contribution in [1.29, 1.82) is 0 Å². The van der Waals surface area contributed by atoms with Crippen LogP contribution >= 0.6 is 0 Å². The molecule has 0 aliphatic carbocycles. The number of carbonyl (C=O) groups is 3. The van der Waals surface area contributed by atoms with Gasteiger partial charge in [0.25, 0.3) is 5.91 Å². The van der Waals surface area contributed by atoms with Crippen LogP contribution in [0.3, 0.4) is 0 Å². The molecular weight excluding hydrogens is 318 g/mol. The van der Waals surface area contributed by atoms with Gasteiger partial charge in [-0.1, -0.05) is 13.0 Å². The number of hydrogen-bond acceptors (Lipinski definition) is 4. The van der Waals surface area contributed by atoms with Crippen molar-refractivity contribution >= 4 is 23.4 Å². The molecular formula is C19H23N3O3. The van der Waals surface area contributed by atoms with E-state index in [1.54, 1.807) is 4.90 Å². The summed E-state index contributed by atoms with van der Waals surface area (Å²) in [7, 11) is 0. The molecule has 1 aromatic rings. The summed E-state index contributed by atoms with van der Waals surface area (Å²) in [6.07, 6.45) is 3.01. The van der Waals surface area contributed by atoms with Crippen molar-refractivity contribution in [2.45, 2.75) is 45.2 Å². The molecule has 1 N–H and O–H groups in total. The maximum absolute atomic E-state index is 12.9. The Morgan fingerprint density at radius 2 is 1.84 bits per heavy atom. The maximum atomic E-state index is 12.9. The minimum atomic E-state index is -0.549. The molecule has 3 heterocycles. The predicted octanol–water partition coefficient (Wildman–Crippen LogP) is 1.68. The Kier molecular flexibility index (Phi) is 3.98. The zero-order valence-corrected chi connectivity index (χ0v) is 14.5. The van der Waals surface area contributed by atoms with Gasteiger partial charge in [-0.3, -0.25) is 19.7 Å². The van der Waals surface area contributed by atoms with Crippen LogP contribution in [-0.4, -0.2) is 41.8 Å². The Hall–Kier alpha value is -2.37. The largest absolute Gasteiger partial charge is 0.371 e. The van der Waals surface area contributed by atoms with Gasteiger partial charge in [0.2, 0.25) is 11.8 Å². The van der Waals surface area contributed by atoms with Gasteiger partial charge in [0.05, 0.1) is 0 Å². The fraction of sp³-hybridized carbons (Fsp3) is 0.526. The lowest BCUT2D eigenvalue weighted by Gasteiger charge is -2.33. The quantitative estimate of drug-likeness (QED) is 0.831. The van der Waals surface area contributed by atoms with Crippen LogP contribution in [0.15, 0.2) is 18.2 Å². The molecule has 2 fully saturated rings. The third-order valence-electron chi connectivity index (χ3n) is 5.68. The number of imide groups is 1. The Morgan fingerprint density at radius 3 is 2.56 bits per heavy atom. The summed E-state index contributed by atoms with van der Waals surface area (Å²) in [5.41, 5.74) is 2.83. The normalized spacial score (nSPS) is 24.5. The summed E-state index contributed by atoms with van der Waals surface area (Å²) < 4.78 is 0. The van der Waals surface area contributed by atoms with E-state index in [2.05, 4.69) is 23.2 Å². The van der Waals surface area contributed by atoms with E-state index in [4.69, 9.17) is 0 Å². The highest BCUT2D eigenvalue weighted by atomic mass is 16.2. The van der Waals surface area contributed by atoms with Gasteiger partial charge in [-0.2, -0.15) is 0 Å². The Morgan fingerprint density at radius 1 is 1.08 bits per heavy atom. The number of benzene rings is 1. The molecule has 3 aliphatic rings. The summed E-state index contributed by atoms with van der Waals surface area (Å²) >= 11 is 0. The second kappa shape index (κ2) is 6.17. The molecule has 2 saturated heterocycles. The molecule has 0 bridgehead atoms. The number of hydrogen-bond donors (Lipinski definition) is 1. The van der Waals surface area contributed by atoms with Crippen LogP contribution < -0.4 is 10.2 Å². The van der Waals surface area contributed by atoms with Gasteiger partial charge < -0.3 is 9.80 Å². The minimum Gasteiger partial charge on any atom is -0.371 e. The maximum Gasteiger partial charge on any atom is 0.255 e. The van der Waals surface area contributed by atoms with Crippen LogP contribution in [0.25, 0.3) is 0 Å². The molecule has 0 saturated carbocycles. The fourth-order valence-corrected chi connectivity index (χ4v) is 4.12. The van der Waals surface area contributed by atoms with E-state index in [1.807, 2.05) is 12.1 Å². The van der Waals surface area contributed by atoms with E-state index in [0.29, 0.717) is 18.5 Å². The number of nitrogens with one attached hydrogen (secondary N) is 1. The van der Waals surface area contributed by atoms with Crippen LogP contribution in [0.2, 0.25) is 0 Å². The number of amides is 3. The highest BCUT2D eigenvalue weighted by Crippen LogP contribution is 2.35. The molecule has 0 aromatic heterocycles. The lowest BCUT2D eigenvalue weighted by molar-refractivity contribution is -0.136. The van der Waals surface area contributed by atoms with Gasteiger partial charge in [0.1, 0.15) is 6.04 Å². The van der Waals surface area contributed by atoms with E-state index in [-0.39, 0.29) is 24.1 Å². The molecule has 25 heavy (non-hydrogen) atoms. The zero-order chi connectivity index (χ0) is 17.6. The van der Waals surface area contributed by atoms with Gasteiger partial charge in [0.15, 0.2) is 0 Å². The van der Waals surface area contributed by atoms with Crippen molar-refractivity contribution in [3.8, 4) is 0 Å². The average molecular weight is 341 g/mol. The number of nitrogens with zero attached hydrogens (tertiary/aromatic N) is 2. The standard InChI is InChI=1S/C19H23N3O3/c1-12-7-9-21(10-8-12)15-4-2-3-13-14(15)11-22(19(13)25)16-5-6-17(23)20-18(16)24/h2-4,12,16H,5-11H2,1H3,(H,20,23,24). The third kappa shape index (κ3) is 2.79. The molecule has 1 atom stereocenters. The molecule has 6 heteroatoms. The number of carbonyl (C=O) groups excluding carboxylic acids is 3.